The Balaban J connectivity index is 2.32. The van der Waals surface area contributed by atoms with E-state index >= 15 is 0 Å². The van der Waals surface area contributed by atoms with Crippen LogP contribution in [0.15, 0.2) is 30.3 Å². The van der Waals surface area contributed by atoms with E-state index < -0.39 is 0 Å². The fraction of sp³-hybridized carbons (Fsp3) is 0.588. The predicted molar refractivity (Wildman–Crippen MR) is 79.5 cm³/mol. The molecule has 0 aliphatic heterocycles. The molecule has 1 aromatic carbocycles. The van der Waals surface area contributed by atoms with Crippen LogP contribution in [0.1, 0.15) is 45.6 Å². The third kappa shape index (κ3) is 7.12. The Morgan fingerprint density at radius 1 is 1.20 bits per heavy atom. The molecule has 1 aromatic rings. The molecule has 1 rings (SSSR count). The molecule has 0 aromatic heterocycles. The summed E-state index contributed by atoms with van der Waals surface area (Å²) in [6, 6.07) is 10.7. The quantitative estimate of drug-likeness (QED) is 0.620. The van der Waals surface area contributed by atoms with E-state index in [9.17, 15) is 4.79 Å². The van der Waals surface area contributed by atoms with Crippen LogP contribution in [0.2, 0.25) is 10.1 Å². The van der Waals surface area contributed by atoms with Crippen molar-refractivity contribution < 1.29 is 24.8 Å². The van der Waals surface area contributed by atoms with Gasteiger partial charge in [0, 0.05) is 0 Å². The summed E-state index contributed by atoms with van der Waals surface area (Å²) < 4.78 is 6.10. The van der Waals surface area contributed by atoms with Crippen molar-refractivity contribution in [2.45, 2.75) is 62.6 Å². The fourth-order valence-electron chi connectivity index (χ4n) is 2.15. The molecule has 3 heteroatoms. The van der Waals surface area contributed by atoms with Gasteiger partial charge in [-0.15, -0.1) is 0 Å². The van der Waals surface area contributed by atoms with E-state index in [4.69, 9.17) is 4.74 Å². The van der Waals surface area contributed by atoms with Gasteiger partial charge in [0.1, 0.15) is 0 Å². The summed E-state index contributed by atoms with van der Waals surface area (Å²) in [4.78, 5) is 11.0. The van der Waals surface area contributed by atoms with Crippen molar-refractivity contribution >= 4 is 5.97 Å². The van der Waals surface area contributed by atoms with Crippen molar-refractivity contribution in [3.8, 4) is 0 Å². The number of hydrogen-bond donors (Lipinski definition) is 0. The van der Waals surface area contributed by atoms with Gasteiger partial charge in [-0.2, -0.15) is 0 Å². The minimum absolute atomic E-state index is 0.114. The van der Waals surface area contributed by atoms with Gasteiger partial charge in [-0.3, -0.25) is 0 Å². The fourth-order valence-corrected chi connectivity index (χ4v) is 4.14. The topological polar surface area (TPSA) is 26.3 Å². The number of rotatable bonds is 9. The van der Waals surface area contributed by atoms with Crippen LogP contribution in [-0.4, -0.2) is 12.1 Å². The third-order valence-electron chi connectivity index (χ3n) is 3.34. The van der Waals surface area contributed by atoms with E-state index in [1.807, 2.05) is 0 Å². The number of ether oxygens (including phenoxy) is 1. The molecule has 0 aliphatic carbocycles. The van der Waals surface area contributed by atoms with Gasteiger partial charge in [-0.05, 0) is 0 Å². The van der Waals surface area contributed by atoms with Crippen molar-refractivity contribution in [2.75, 3.05) is 0 Å². The molecule has 0 radical (unpaired) electrons. The first-order valence-electron chi connectivity index (χ1n) is 7.48. The molecule has 0 saturated heterocycles. The summed E-state index contributed by atoms with van der Waals surface area (Å²) in [5.74, 6) is -0.152. The van der Waals surface area contributed by atoms with Gasteiger partial charge in [-0.1, -0.05) is 0 Å². The van der Waals surface area contributed by atoms with E-state index in [0.717, 1.165) is 17.6 Å². The zero-order valence-electron chi connectivity index (χ0n) is 12.8. The van der Waals surface area contributed by atoms with E-state index in [1.54, 1.807) is 0 Å². The van der Waals surface area contributed by atoms with Gasteiger partial charge < -0.3 is 0 Å². The molecule has 0 fully saturated rings. The van der Waals surface area contributed by atoms with Gasteiger partial charge >= 0.3 is 129 Å². The monoisotopic (exact) mass is 314 g/mol. The summed E-state index contributed by atoms with van der Waals surface area (Å²) in [5, 5.41) is 1.20. The summed E-state index contributed by atoms with van der Waals surface area (Å²) >= 11 is 0.623. The molecule has 0 bridgehead atoms. The molecule has 0 heterocycles. The number of carbonyl (C=O) groups excluding carboxylic acids is 1. The number of hydrogen-bond acceptors (Lipinski definition) is 2. The van der Waals surface area contributed by atoms with Crippen LogP contribution in [0.25, 0.3) is 0 Å². The first kappa shape index (κ1) is 17.3. The van der Waals surface area contributed by atoms with Crippen LogP contribution in [0.3, 0.4) is 0 Å². The average molecular weight is 314 g/mol. The molecule has 0 saturated carbocycles. The Bertz CT molecular complexity index is 378. The average Bonchev–Trinajstić information content (AvgIpc) is 2.45. The second-order valence-corrected chi connectivity index (χ2v) is 7.22. The maximum absolute atomic E-state index is 11.0. The van der Waals surface area contributed by atoms with Crippen molar-refractivity contribution in [3.05, 3.63) is 35.9 Å². The first-order valence-corrected chi connectivity index (χ1v) is 9.12. The standard InChI is InChI=1S/C10H13.C7H13O2.Cr/c1-2-3-7-10-8-5-4-6-9-10;1-4-7(5-2)9-6(3)8;/h3-6,8-9H,2,7H2,1H3;7H,1,4-5H2,2-3H3;. The summed E-state index contributed by atoms with van der Waals surface area (Å²) in [5.41, 5.74) is 1.44. The Morgan fingerprint density at radius 2 is 1.90 bits per heavy atom. The molecule has 0 amide bonds. The van der Waals surface area contributed by atoms with E-state index in [2.05, 4.69) is 44.2 Å². The normalized spacial score (nSPS) is 13.8. The van der Waals surface area contributed by atoms with Crippen LogP contribution in [0.5, 0.6) is 0 Å². The summed E-state index contributed by atoms with van der Waals surface area (Å²) in [6.45, 7) is 5.86. The van der Waals surface area contributed by atoms with E-state index in [-0.39, 0.29) is 12.1 Å². The van der Waals surface area contributed by atoms with Crippen molar-refractivity contribution in [1.82, 2.24) is 0 Å². The molecule has 2 unspecified atom stereocenters. The van der Waals surface area contributed by atoms with Gasteiger partial charge in [0.25, 0.3) is 0 Å². The molecule has 0 aliphatic rings. The summed E-state index contributed by atoms with van der Waals surface area (Å²) in [7, 11) is 0. The third-order valence-corrected chi connectivity index (χ3v) is 5.60. The Hall–Kier alpha value is -0.778. The van der Waals surface area contributed by atoms with Crippen molar-refractivity contribution in [2.24, 2.45) is 0 Å². The van der Waals surface area contributed by atoms with Gasteiger partial charge in [-0.25, -0.2) is 0 Å². The van der Waals surface area contributed by atoms with Crippen LogP contribution in [-0.2, 0) is 31.2 Å². The molecular weight excluding hydrogens is 288 g/mol. The van der Waals surface area contributed by atoms with E-state index in [0.29, 0.717) is 15.2 Å². The number of esters is 1. The van der Waals surface area contributed by atoms with E-state index in [1.165, 1.54) is 30.6 Å². The van der Waals surface area contributed by atoms with Crippen molar-refractivity contribution in [3.63, 3.8) is 0 Å². The van der Waals surface area contributed by atoms with Crippen LogP contribution < -0.4 is 0 Å². The van der Waals surface area contributed by atoms with Crippen LogP contribution in [0, 0.1) is 0 Å². The molecule has 0 spiro atoms. The van der Waals surface area contributed by atoms with Crippen molar-refractivity contribution in [1.29, 1.82) is 0 Å². The predicted octanol–water partition coefficient (Wildman–Crippen LogP) is 4.66. The zero-order valence-corrected chi connectivity index (χ0v) is 14.1. The Kier molecular flexibility index (Phi) is 8.66. The molecule has 2 atom stereocenters. The molecular formula is C17H26CrO2. The second kappa shape index (κ2) is 10.0. The minimum atomic E-state index is -0.152. The number of carbonyl (C=O) groups is 1. The Labute approximate surface area is 129 Å². The second-order valence-electron chi connectivity index (χ2n) is 5.02. The maximum atomic E-state index is 11.0. The zero-order chi connectivity index (χ0) is 14.8. The molecule has 2 nitrogen and oxygen atoms in total. The van der Waals surface area contributed by atoms with Crippen LogP contribution >= 0.6 is 0 Å². The molecule has 112 valence electrons. The van der Waals surface area contributed by atoms with Gasteiger partial charge in [0.05, 0.1) is 0 Å². The number of benzene rings is 1. The Morgan fingerprint density at radius 3 is 2.45 bits per heavy atom. The van der Waals surface area contributed by atoms with Crippen LogP contribution in [0.4, 0.5) is 0 Å². The van der Waals surface area contributed by atoms with Gasteiger partial charge in [0.2, 0.25) is 0 Å². The molecule has 0 N–H and O–H groups in total. The molecule has 20 heavy (non-hydrogen) atoms. The summed E-state index contributed by atoms with van der Waals surface area (Å²) in [6.07, 6.45) is 4.47. The SMILES string of the molecule is CCC(C[CH2][Cr][CH](CC)Cc1ccccc1)OC(C)=O. The van der Waals surface area contributed by atoms with Gasteiger partial charge in [0.15, 0.2) is 0 Å². The first-order chi connectivity index (χ1) is 9.65.